The van der Waals surface area contributed by atoms with Crippen molar-refractivity contribution in [2.45, 2.75) is 58.4 Å². The fraction of sp³-hybridized carbons (Fsp3) is 0.750. The van der Waals surface area contributed by atoms with Crippen LogP contribution >= 0.6 is 0 Å². The Morgan fingerprint density at radius 3 is 2.21 bits per heavy atom. The van der Waals surface area contributed by atoms with Gasteiger partial charge in [0.1, 0.15) is 0 Å². The minimum Gasteiger partial charge on any atom is -0.386 e. The summed E-state index contributed by atoms with van der Waals surface area (Å²) in [6.07, 6.45) is 3.00. The molecule has 0 aliphatic rings. The summed E-state index contributed by atoms with van der Waals surface area (Å²) in [5.41, 5.74) is 2.28. The molecule has 1 N–H and O–H groups in total. The van der Waals surface area contributed by atoms with E-state index in [2.05, 4.69) is 38.9 Å². The molecule has 0 aliphatic carbocycles. The first-order chi connectivity index (χ1) is 6.25. The van der Waals surface area contributed by atoms with Crippen LogP contribution in [0.4, 0.5) is 0 Å². The molecule has 0 aromatic carbocycles. The van der Waals surface area contributed by atoms with E-state index in [0.717, 1.165) is 24.5 Å². The normalized spacial score (nSPS) is 15.9. The van der Waals surface area contributed by atoms with E-state index < -0.39 is 13.7 Å². The van der Waals surface area contributed by atoms with E-state index in [0.29, 0.717) is 0 Å². The van der Waals surface area contributed by atoms with Crippen molar-refractivity contribution in [3.05, 3.63) is 17.5 Å². The SMILES string of the molecule is C=C=C([C@](C)(O)CCCC)[Si](C)(C)C. The molecular formula is C12H24OSi. The maximum Gasteiger partial charge on any atom is 0.0865 e. The number of aliphatic hydroxyl groups is 1. The van der Waals surface area contributed by atoms with Gasteiger partial charge in [-0.3, -0.25) is 0 Å². The first-order valence-electron chi connectivity index (χ1n) is 5.39. The Balaban J connectivity index is 4.78. The molecule has 0 fully saturated rings. The predicted octanol–water partition coefficient (Wildman–Crippen LogP) is 3.52. The van der Waals surface area contributed by atoms with Gasteiger partial charge in [0.2, 0.25) is 0 Å². The van der Waals surface area contributed by atoms with Crippen LogP contribution < -0.4 is 0 Å². The molecule has 14 heavy (non-hydrogen) atoms. The molecule has 0 aliphatic heterocycles. The van der Waals surface area contributed by atoms with E-state index in [1.54, 1.807) is 0 Å². The Morgan fingerprint density at radius 1 is 1.43 bits per heavy atom. The molecule has 0 rings (SSSR count). The molecule has 2 heteroatoms. The minimum absolute atomic E-state index is 0.692. The van der Waals surface area contributed by atoms with E-state index in [-0.39, 0.29) is 0 Å². The van der Waals surface area contributed by atoms with Gasteiger partial charge in [0.05, 0.1) is 13.7 Å². The third kappa shape index (κ3) is 3.83. The van der Waals surface area contributed by atoms with Gasteiger partial charge in [0, 0.05) is 0 Å². The van der Waals surface area contributed by atoms with E-state index in [9.17, 15) is 5.11 Å². The van der Waals surface area contributed by atoms with Gasteiger partial charge in [-0.25, -0.2) is 0 Å². The summed E-state index contributed by atoms with van der Waals surface area (Å²) in [5.74, 6) is 0. The van der Waals surface area contributed by atoms with Crippen molar-refractivity contribution in [1.82, 2.24) is 0 Å². The van der Waals surface area contributed by atoms with Crippen molar-refractivity contribution in [3.8, 4) is 0 Å². The average molecular weight is 212 g/mol. The first-order valence-corrected chi connectivity index (χ1v) is 8.89. The smallest absolute Gasteiger partial charge is 0.0865 e. The fourth-order valence-corrected chi connectivity index (χ4v) is 4.18. The molecular weight excluding hydrogens is 188 g/mol. The zero-order valence-corrected chi connectivity index (χ0v) is 11.3. The van der Waals surface area contributed by atoms with Crippen LogP contribution in [0.5, 0.6) is 0 Å². The van der Waals surface area contributed by atoms with Gasteiger partial charge in [-0.05, 0) is 18.5 Å². The van der Waals surface area contributed by atoms with Gasteiger partial charge < -0.3 is 5.11 Å². The summed E-state index contributed by atoms with van der Waals surface area (Å²) >= 11 is 0. The molecule has 0 bridgehead atoms. The quantitative estimate of drug-likeness (QED) is 0.546. The number of hydrogen-bond acceptors (Lipinski definition) is 1. The molecule has 0 saturated heterocycles. The van der Waals surface area contributed by atoms with Crippen LogP contribution in [0.1, 0.15) is 33.1 Å². The van der Waals surface area contributed by atoms with Gasteiger partial charge in [0.15, 0.2) is 0 Å². The second kappa shape index (κ2) is 4.97. The fourth-order valence-electron chi connectivity index (χ4n) is 1.91. The maximum absolute atomic E-state index is 10.3. The van der Waals surface area contributed by atoms with Crippen LogP contribution in [-0.2, 0) is 0 Å². The third-order valence-corrected chi connectivity index (χ3v) is 4.70. The van der Waals surface area contributed by atoms with Crippen molar-refractivity contribution >= 4 is 8.07 Å². The lowest BCUT2D eigenvalue weighted by molar-refractivity contribution is 0.0931. The van der Waals surface area contributed by atoms with E-state index in [4.69, 9.17) is 0 Å². The van der Waals surface area contributed by atoms with Crippen molar-refractivity contribution in [1.29, 1.82) is 0 Å². The number of unbranched alkanes of at least 4 members (excludes halogenated alkanes) is 1. The number of rotatable bonds is 5. The highest BCUT2D eigenvalue weighted by molar-refractivity contribution is 6.83. The largest absolute Gasteiger partial charge is 0.386 e. The van der Waals surface area contributed by atoms with Gasteiger partial charge in [-0.2, -0.15) is 0 Å². The van der Waals surface area contributed by atoms with Crippen LogP contribution in [-0.4, -0.2) is 18.8 Å². The predicted molar refractivity (Wildman–Crippen MR) is 66.1 cm³/mol. The summed E-state index contributed by atoms with van der Waals surface area (Å²) in [6.45, 7) is 14.4. The van der Waals surface area contributed by atoms with Gasteiger partial charge in [-0.15, -0.1) is 5.73 Å². The monoisotopic (exact) mass is 212 g/mol. The summed E-state index contributed by atoms with van der Waals surface area (Å²) in [7, 11) is -1.48. The average Bonchev–Trinajstić information content (AvgIpc) is 1.98. The van der Waals surface area contributed by atoms with Crippen molar-refractivity contribution < 1.29 is 5.11 Å². The summed E-state index contributed by atoms with van der Waals surface area (Å²) in [4.78, 5) is 0. The highest BCUT2D eigenvalue weighted by Gasteiger charge is 2.34. The lowest BCUT2D eigenvalue weighted by Crippen LogP contribution is -2.40. The van der Waals surface area contributed by atoms with Crippen LogP contribution in [0.15, 0.2) is 17.5 Å². The van der Waals surface area contributed by atoms with Gasteiger partial charge in [-0.1, -0.05) is 46.0 Å². The molecule has 0 amide bonds. The Kier molecular flexibility index (Phi) is 4.86. The molecule has 82 valence electrons. The molecule has 0 unspecified atom stereocenters. The van der Waals surface area contributed by atoms with E-state index >= 15 is 0 Å². The molecule has 0 aromatic heterocycles. The standard InChI is InChI=1S/C12H24OSi/c1-7-9-10-12(3,13)11(8-2)14(4,5)6/h13H,2,7,9-10H2,1,3-6H3/t12-/m1/s1. The second-order valence-electron chi connectivity index (χ2n) is 5.18. The Bertz CT molecular complexity index is 229. The van der Waals surface area contributed by atoms with E-state index in [1.807, 2.05) is 6.92 Å². The summed E-state index contributed by atoms with van der Waals surface area (Å²) in [6, 6.07) is 0. The molecule has 0 heterocycles. The highest BCUT2D eigenvalue weighted by atomic mass is 28.3. The maximum atomic E-state index is 10.3. The molecule has 0 radical (unpaired) electrons. The van der Waals surface area contributed by atoms with E-state index in [1.165, 1.54) is 0 Å². The van der Waals surface area contributed by atoms with Crippen molar-refractivity contribution in [3.63, 3.8) is 0 Å². The van der Waals surface area contributed by atoms with Crippen LogP contribution in [0, 0.1) is 0 Å². The zero-order valence-electron chi connectivity index (χ0n) is 10.3. The van der Waals surface area contributed by atoms with Crippen LogP contribution in [0.3, 0.4) is 0 Å². The Labute approximate surface area is 89.5 Å². The Hall–Kier alpha value is -0.303. The molecule has 0 saturated carbocycles. The minimum atomic E-state index is -1.48. The molecule has 1 nitrogen and oxygen atoms in total. The summed E-state index contributed by atoms with van der Waals surface area (Å²) < 4.78 is 0. The topological polar surface area (TPSA) is 20.2 Å². The van der Waals surface area contributed by atoms with Gasteiger partial charge in [0.25, 0.3) is 0 Å². The molecule has 0 spiro atoms. The Morgan fingerprint density at radius 2 is 1.93 bits per heavy atom. The van der Waals surface area contributed by atoms with Crippen molar-refractivity contribution in [2.24, 2.45) is 0 Å². The second-order valence-corrected chi connectivity index (χ2v) is 10.2. The molecule has 1 atom stereocenters. The third-order valence-electron chi connectivity index (χ3n) is 2.48. The van der Waals surface area contributed by atoms with Gasteiger partial charge >= 0.3 is 0 Å². The zero-order chi connectivity index (χ0) is 11.4. The number of hydrogen-bond donors (Lipinski definition) is 1. The summed E-state index contributed by atoms with van der Waals surface area (Å²) in [5, 5.41) is 11.4. The van der Waals surface area contributed by atoms with Crippen LogP contribution in [0.2, 0.25) is 19.6 Å². The lowest BCUT2D eigenvalue weighted by Gasteiger charge is -2.32. The molecule has 0 aromatic rings. The first kappa shape index (κ1) is 13.7. The van der Waals surface area contributed by atoms with Crippen LogP contribution in [0.25, 0.3) is 0 Å². The lowest BCUT2D eigenvalue weighted by atomic mass is 9.99. The van der Waals surface area contributed by atoms with Crippen molar-refractivity contribution in [2.75, 3.05) is 0 Å². The highest BCUT2D eigenvalue weighted by Crippen LogP contribution is 2.29.